The Bertz CT molecular complexity index is 526. The van der Waals surface area contributed by atoms with Gasteiger partial charge in [-0.2, -0.15) is 0 Å². The van der Waals surface area contributed by atoms with Gasteiger partial charge in [0.15, 0.2) is 11.6 Å². The van der Waals surface area contributed by atoms with E-state index in [4.69, 9.17) is 0 Å². The van der Waals surface area contributed by atoms with Crippen LogP contribution in [-0.2, 0) is 11.2 Å². The topological polar surface area (TPSA) is 23.6 Å². The zero-order chi connectivity index (χ0) is 16.8. The molecule has 1 aromatic rings. The molecule has 5 heteroatoms. The van der Waals surface area contributed by atoms with Gasteiger partial charge in [0.2, 0.25) is 5.91 Å². The van der Waals surface area contributed by atoms with Crippen molar-refractivity contribution in [3.05, 3.63) is 35.4 Å². The fourth-order valence-electron chi connectivity index (χ4n) is 2.90. The van der Waals surface area contributed by atoms with Gasteiger partial charge >= 0.3 is 0 Å². The number of piperazine rings is 1. The van der Waals surface area contributed by atoms with Gasteiger partial charge in [0.1, 0.15) is 0 Å². The Kier molecular flexibility index (Phi) is 6.51. The number of hydrogen-bond donors (Lipinski definition) is 0. The highest BCUT2D eigenvalue weighted by Gasteiger charge is 2.22. The van der Waals surface area contributed by atoms with Gasteiger partial charge in [-0.3, -0.25) is 9.69 Å². The Morgan fingerprint density at radius 2 is 1.87 bits per heavy atom. The standard InChI is InChI=1S/C18H26F2N2O/c1-14(2)5-4-8-21-9-11-22(12-10-21)17(23)13-15-6-3-7-16(19)18(15)20/h3,6-7,14H,4-5,8-13H2,1-2H3. The van der Waals surface area contributed by atoms with Crippen molar-refractivity contribution in [2.75, 3.05) is 32.7 Å². The van der Waals surface area contributed by atoms with E-state index in [0.717, 1.165) is 31.6 Å². The third-order valence-electron chi connectivity index (χ3n) is 4.35. The molecular weight excluding hydrogens is 298 g/mol. The van der Waals surface area contributed by atoms with Crippen molar-refractivity contribution >= 4 is 5.91 Å². The Morgan fingerprint density at radius 1 is 1.17 bits per heavy atom. The normalized spacial score (nSPS) is 16.1. The Labute approximate surface area is 137 Å². The van der Waals surface area contributed by atoms with Crippen molar-refractivity contribution in [3.63, 3.8) is 0 Å². The molecule has 1 aliphatic rings. The van der Waals surface area contributed by atoms with Crippen molar-refractivity contribution in [3.8, 4) is 0 Å². The second kappa shape index (κ2) is 8.39. The van der Waals surface area contributed by atoms with Gasteiger partial charge in [-0.15, -0.1) is 0 Å². The van der Waals surface area contributed by atoms with Gasteiger partial charge < -0.3 is 4.90 Å². The lowest BCUT2D eigenvalue weighted by Gasteiger charge is -2.35. The van der Waals surface area contributed by atoms with E-state index in [1.807, 2.05) is 0 Å². The van der Waals surface area contributed by atoms with E-state index in [1.54, 1.807) is 4.90 Å². The molecule has 2 rings (SSSR count). The van der Waals surface area contributed by atoms with Gasteiger partial charge in [0.25, 0.3) is 0 Å². The van der Waals surface area contributed by atoms with Crippen LogP contribution in [0.3, 0.4) is 0 Å². The lowest BCUT2D eigenvalue weighted by atomic mass is 10.1. The molecule has 0 N–H and O–H groups in total. The fourth-order valence-corrected chi connectivity index (χ4v) is 2.90. The Hall–Kier alpha value is -1.49. The summed E-state index contributed by atoms with van der Waals surface area (Å²) >= 11 is 0. The summed E-state index contributed by atoms with van der Waals surface area (Å²) in [6.07, 6.45) is 2.33. The van der Waals surface area contributed by atoms with Crippen LogP contribution >= 0.6 is 0 Å². The van der Waals surface area contributed by atoms with Gasteiger partial charge in [0, 0.05) is 31.7 Å². The summed E-state index contributed by atoms with van der Waals surface area (Å²) in [5.74, 6) is -1.21. The van der Waals surface area contributed by atoms with Crippen LogP contribution in [-0.4, -0.2) is 48.4 Å². The highest BCUT2D eigenvalue weighted by molar-refractivity contribution is 5.79. The number of nitrogens with zero attached hydrogens (tertiary/aromatic N) is 2. The summed E-state index contributed by atoms with van der Waals surface area (Å²) in [5.41, 5.74) is 0.134. The maximum atomic E-state index is 13.6. The van der Waals surface area contributed by atoms with E-state index >= 15 is 0 Å². The summed E-state index contributed by atoms with van der Waals surface area (Å²) in [4.78, 5) is 16.4. The predicted molar refractivity (Wildman–Crippen MR) is 87.2 cm³/mol. The van der Waals surface area contributed by atoms with Crippen molar-refractivity contribution < 1.29 is 13.6 Å². The van der Waals surface area contributed by atoms with Gasteiger partial charge in [-0.05, 0) is 31.4 Å². The first-order chi connectivity index (χ1) is 11.0. The average Bonchev–Trinajstić information content (AvgIpc) is 2.52. The molecule has 1 saturated heterocycles. The van der Waals surface area contributed by atoms with Crippen LogP contribution in [0.15, 0.2) is 18.2 Å². The molecule has 0 bridgehead atoms. The molecule has 3 nitrogen and oxygen atoms in total. The van der Waals surface area contributed by atoms with Crippen LogP contribution in [0.5, 0.6) is 0 Å². The van der Waals surface area contributed by atoms with E-state index in [-0.39, 0.29) is 17.9 Å². The minimum Gasteiger partial charge on any atom is -0.340 e. The molecule has 0 saturated carbocycles. The van der Waals surface area contributed by atoms with Gasteiger partial charge in [-0.1, -0.05) is 26.0 Å². The second-order valence-electron chi connectivity index (χ2n) is 6.65. The maximum Gasteiger partial charge on any atom is 0.227 e. The zero-order valence-electron chi connectivity index (χ0n) is 14.0. The van der Waals surface area contributed by atoms with Crippen LogP contribution in [0, 0.1) is 17.6 Å². The zero-order valence-corrected chi connectivity index (χ0v) is 14.0. The molecule has 1 amide bonds. The molecule has 0 spiro atoms. The number of rotatable bonds is 6. The summed E-state index contributed by atoms with van der Waals surface area (Å²) in [6, 6.07) is 3.98. The van der Waals surface area contributed by atoms with Crippen molar-refractivity contribution in [1.29, 1.82) is 0 Å². The highest BCUT2D eigenvalue weighted by atomic mass is 19.2. The van der Waals surface area contributed by atoms with E-state index in [1.165, 1.54) is 25.0 Å². The molecule has 0 atom stereocenters. The average molecular weight is 324 g/mol. The van der Waals surface area contributed by atoms with E-state index in [9.17, 15) is 13.6 Å². The molecule has 0 aromatic heterocycles. The number of amides is 1. The van der Waals surface area contributed by atoms with Crippen LogP contribution in [0.25, 0.3) is 0 Å². The third kappa shape index (κ3) is 5.27. The summed E-state index contributed by atoms with van der Waals surface area (Å²) in [5, 5.41) is 0. The van der Waals surface area contributed by atoms with E-state index in [0.29, 0.717) is 13.1 Å². The lowest BCUT2D eigenvalue weighted by molar-refractivity contribution is -0.132. The second-order valence-corrected chi connectivity index (χ2v) is 6.65. The SMILES string of the molecule is CC(C)CCCN1CCN(C(=O)Cc2cccc(F)c2F)CC1. The molecule has 1 aliphatic heterocycles. The number of benzene rings is 1. The minimum absolute atomic E-state index is 0.0725. The number of carbonyl (C=O) groups excluding carboxylic acids is 1. The number of hydrogen-bond acceptors (Lipinski definition) is 2. The highest BCUT2D eigenvalue weighted by Crippen LogP contribution is 2.14. The third-order valence-corrected chi connectivity index (χ3v) is 4.35. The van der Waals surface area contributed by atoms with Gasteiger partial charge in [0.05, 0.1) is 6.42 Å². The van der Waals surface area contributed by atoms with Crippen molar-refractivity contribution in [1.82, 2.24) is 9.80 Å². The minimum atomic E-state index is -0.909. The Morgan fingerprint density at radius 3 is 2.52 bits per heavy atom. The van der Waals surface area contributed by atoms with Crippen LogP contribution in [0.4, 0.5) is 8.78 Å². The molecule has 1 aromatic carbocycles. The van der Waals surface area contributed by atoms with E-state index < -0.39 is 11.6 Å². The van der Waals surface area contributed by atoms with E-state index in [2.05, 4.69) is 18.7 Å². The first kappa shape index (κ1) is 17.9. The fraction of sp³-hybridized carbons (Fsp3) is 0.611. The molecule has 0 unspecified atom stereocenters. The smallest absolute Gasteiger partial charge is 0.227 e. The first-order valence-electron chi connectivity index (χ1n) is 8.40. The summed E-state index contributed by atoms with van der Waals surface area (Å²) < 4.78 is 26.8. The monoisotopic (exact) mass is 324 g/mol. The first-order valence-corrected chi connectivity index (χ1v) is 8.40. The van der Waals surface area contributed by atoms with Crippen LogP contribution < -0.4 is 0 Å². The maximum absolute atomic E-state index is 13.6. The molecule has 0 aliphatic carbocycles. The molecule has 128 valence electrons. The van der Waals surface area contributed by atoms with Crippen molar-refractivity contribution in [2.24, 2.45) is 5.92 Å². The summed E-state index contributed by atoms with van der Waals surface area (Å²) in [6.45, 7) is 8.56. The molecule has 1 fully saturated rings. The van der Waals surface area contributed by atoms with Crippen LogP contribution in [0.1, 0.15) is 32.3 Å². The number of carbonyl (C=O) groups is 1. The molecular formula is C18H26F2N2O. The predicted octanol–water partition coefficient (Wildman–Crippen LogP) is 3.09. The molecule has 1 heterocycles. The molecule has 23 heavy (non-hydrogen) atoms. The lowest BCUT2D eigenvalue weighted by Crippen LogP contribution is -2.49. The van der Waals surface area contributed by atoms with Crippen LogP contribution in [0.2, 0.25) is 0 Å². The largest absolute Gasteiger partial charge is 0.340 e. The van der Waals surface area contributed by atoms with Crippen molar-refractivity contribution in [2.45, 2.75) is 33.1 Å². The Balaban J connectivity index is 1.78. The molecule has 0 radical (unpaired) electrons. The number of halogens is 2. The summed E-state index contributed by atoms with van der Waals surface area (Å²) in [7, 11) is 0. The quantitative estimate of drug-likeness (QED) is 0.803. The van der Waals surface area contributed by atoms with Gasteiger partial charge in [-0.25, -0.2) is 8.78 Å².